The summed E-state index contributed by atoms with van der Waals surface area (Å²) in [4.78, 5) is 24.5. The number of aromatic carboxylic acids is 1. The van der Waals surface area contributed by atoms with E-state index >= 15 is 0 Å². The van der Waals surface area contributed by atoms with Crippen LogP contribution in [0.4, 0.5) is 11.4 Å². The molecule has 7 nitrogen and oxygen atoms in total. The number of nitrogens with one attached hydrogen (secondary N) is 1. The number of carbonyl (C=O) groups is 1. The fourth-order valence-electron chi connectivity index (χ4n) is 2.19. The molecule has 0 saturated carbocycles. The molecule has 1 fully saturated rings. The maximum absolute atomic E-state index is 11.0. The number of anilines is 1. The Hall–Kier alpha value is -2.15. The molecule has 0 radical (unpaired) electrons. The van der Waals surface area contributed by atoms with Gasteiger partial charge in [0.15, 0.2) is 0 Å². The van der Waals surface area contributed by atoms with Gasteiger partial charge in [-0.15, -0.1) is 0 Å². The van der Waals surface area contributed by atoms with Gasteiger partial charge < -0.3 is 19.7 Å². The van der Waals surface area contributed by atoms with E-state index in [9.17, 15) is 20.0 Å². The van der Waals surface area contributed by atoms with Crippen molar-refractivity contribution in [3.63, 3.8) is 0 Å². The number of hydrogen-bond donors (Lipinski definition) is 1. The van der Waals surface area contributed by atoms with Gasteiger partial charge in [-0.3, -0.25) is 10.1 Å². The van der Waals surface area contributed by atoms with Gasteiger partial charge >= 0.3 is 0 Å². The number of benzene rings is 1. The smallest absolute Gasteiger partial charge is 0.278 e. The molecule has 1 aliphatic rings. The van der Waals surface area contributed by atoms with Gasteiger partial charge in [0, 0.05) is 11.8 Å². The van der Waals surface area contributed by atoms with Crippen molar-refractivity contribution in [2.24, 2.45) is 0 Å². The summed E-state index contributed by atoms with van der Waals surface area (Å²) in [5.41, 5.74) is -0.102. The minimum atomic E-state index is -1.52. The molecule has 1 heterocycles. The second kappa shape index (κ2) is 5.23. The van der Waals surface area contributed by atoms with Crippen LogP contribution in [0.1, 0.15) is 10.4 Å². The highest BCUT2D eigenvalue weighted by atomic mass is 16.6. The summed E-state index contributed by atoms with van der Waals surface area (Å²) in [7, 11) is 2.10. The zero-order chi connectivity index (χ0) is 14.0. The molecule has 0 unspecified atom stereocenters. The van der Waals surface area contributed by atoms with Crippen LogP contribution in [0, 0.1) is 10.1 Å². The number of nitro groups is 1. The van der Waals surface area contributed by atoms with Crippen molar-refractivity contribution in [3.8, 4) is 0 Å². The lowest BCUT2D eigenvalue weighted by molar-refractivity contribution is -0.880. The van der Waals surface area contributed by atoms with E-state index in [1.54, 1.807) is 6.07 Å². The summed E-state index contributed by atoms with van der Waals surface area (Å²) in [5.74, 6) is -1.52. The van der Waals surface area contributed by atoms with Gasteiger partial charge in [-0.1, -0.05) is 0 Å². The molecule has 0 bridgehead atoms. The van der Waals surface area contributed by atoms with E-state index in [1.165, 1.54) is 17.0 Å². The normalized spacial score (nSPS) is 16.4. The first-order chi connectivity index (χ1) is 8.99. The van der Waals surface area contributed by atoms with E-state index in [0.29, 0.717) is 5.69 Å². The van der Waals surface area contributed by atoms with E-state index in [4.69, 9.17) is 0 Å². The lowest BCUT2D eigenvalue weighted by Gasteiger charge is -2.32. The maximum atomic E-state index is 11.0. The number of carbonyl (C=O) groups excluding carboxylic acids is 1. The lowest BCUT2D eigenvalue weighted by Crippen LogP contribution is -3.12. The Kier molecular flexibility index (Phi) is 3.66. The fourth-order valence-corrected chi connectivity index (χ4v) is 2.19. The zero-order valence-electron chi connectivity index (χ0n) is 10.6. The molecule has 19 heavy (non-hydrogen) atoms. The number of carboxylic acid groups (broad SMARTS) is 1. The van der Waals surface area contributed by atoms with Gasteiger partial charge in [-0.2, -0.15) is 0 Å². The SMILES string of the molecule is C[NH+]1CCN(c2ccc([N+](=O)[O-])c(C(=O)[O-])c2)CC1. The van der Waals surface area contributed by atoms with E-state index in [2.05, 4.69) is 7.05 Å². The second-order valence-corrected chi connectivity index (χ2v) is 4.69. The molecule has 1 aliphatic heterocycles. The third kappa shape index (κ3) is 2.82. The molecule has 1 aromatic rings. The fraction of sp³-hybridized carbons (Fsp3) is 0.417. The van der Waals surface area contributed by atoms with Gasteiger partial charge in [-0.05, 0) is 12.1 Å². The van der Waals surface area contributed by atoms with Crippen LogP contribution in [-0.4, -0.2) is 44.1 Å². The quantitative estimate of drug-likeness (QED) is 0.519. The van der Waals surface area contributed by atoms with Gasteiger partial charge in [0.05, 0.1) is 49.7 Å². The Morgan fingerprint density at radius 2 is 2.00 bits per heavy atom. The number of likely N-dealkylation sites (N-methyl/N-ethyl adjacent to an activating group) is 1. The predicted molar refractivity (Wildman–Crippen MR) is 66.3 cm³/mol. The van der Waals surface area contributed by atoms with Crippen LogP contribution in [0.25, 0.3) is 0 Å². The summed E-state index contributed by atoms with van der Waals surface area (Å²) >= 11 is 0. The van der Waals surface area contributed by atoms with Crippen LogP contribution in [0.2, 0.25) is 0 Å². The van der Waals surface area contributed by atoms with E-state index in [1.807, 2.05) is 4.90 Å². The number of carboxylic acids is 1. The Bertz CT molecular complexity index is 510. The molecule has 102 valence electrons. The number of hydrogen-bond acceptors (Lipinski definition) is 5. The Labute approximate surface area is 110 Å². The summed E-state index contributed by atoms with van der Waals surface area (Å²) in [6.45, 7) is 3.52. The number of nitrogens with zero attached hydrogens (tertiary/aromatic N) is 2. The van der Waals surface area contributed by atoms with Crippen LogP contribution in [-0.2, 0) is 0 Å². The first-order valence-corrected chi connectivity index (χ1v) is 6.05. The molecule has 0 spiro atoms. The monoisotopic (exact) mass is 265 g/mol. The average molecular weight is 265 g/mol. The average Bonchev–Trinajstić information content (AvgIpc) is 2.38. The molecule has 0 aromatic heterocycles. The standard InChI is InChI=1S/C12H15N3O4/c1-13-4-6-14(7-5-13)9-2-3-11(15(18)19)10(8-9)12(16)17/h2-3,8H,4-7H2,1H3,(H,16,17). The van der Waals surface area contributed by atoms with Crippen LogP contribution >= 0.6 is 0 Å². The molecule has 0 amide bonds. The minimum Gasteiger partial charge on any atom is -0.545 e. The molecule has 1 aromatic carbocycles. The highest BCUT2D eigenvalue weighted by Crippen LogP contribution is 2.24. The van der Waals surface area contributed by atoms with Crippen molar-refractivity contribution < 1.29 is 19.7 Å². The van der Waals surface area contributed by atoms with Crippen molar-refractivity contribution in [1.29, 1.82) is 0 Å². The van der Waals surface area contributed by atoms with Crippen LogP contribution < -0.4 is 14.9 Å². The van der Waals surface area contributed by atoms with Gasteiger partial charge in [-0.25, -0.2) is 0 Å². The number of quaternary nitrogens is 1. The molecular weight excluding hydrogens is 250 g/mol. The number of rotatable bonds is 3. The first-order valence-electron chi connectivity index (χ1n) is 6.05. The summed E-state index contributed by atoms with van der Waals surface area (Å²) in [6.07, 6.45) is 0. The maximum Gasteiger partial charge on any atom is 0.278 e. The molecule has 0 aliphatic carbocycles. The third-order valence-corrected chi connectivity index (χ3v) is 3.38. The van der Waals surface area contributed by atoms with Crippen LogP contribution in [0.15, 0.2) is 18.2 Å². The molecular formula is C12H15N3O4. The van der Waals surface area contributed by atoms with Crippen LogP contribution in [0.3, 0.4) is 0 Å². The number of piperazine rings is 1. The Balaban J connectivity index is 2.30. The summed E-state index contributed by atoms with van der Waals surface area (Å²) in [5, 5.41) is 21.7. The first kappa shape index (κ1) is 13.3. The van der Waals surface area contributed by atoms with Crippen molar-refractivity contribution >= 4 is 17.3 Å². The van der Waals surface area contributed by atoms with Crippen molar-refractivity contribution in [2.45, 2.75) is 0 Å². The lowest BCUT2D eigenvalue weighted by atomic mass is 10.1. The van der Waals surface area contributed by atoms with Crippen molar-refractivity contribution in [3.05, 3.63) is 33.9 Å². The van der Waals surface area contributed by atoms with E-state index in [-0.39, 0.29) is 5.56 Å². The highest BCUT2D eigenvalue weighted by Gasteiger charge is 2.20. The molecule has 7 heteroatoms. The minimum absolute atomic E-state index is 0.367. The van der Waals surface area contributed by atoms with E-state index < -0.39 is 16.6 Å². The second-order valence-electron chi connectivity index (χ2n) is 4.69. The molecule has 0 atom stereocenters. The molecule has 1 N–H and O–H groups in total. The predicted octanol–water partition coefficient (Wildman–Crippen LogP) is -1.71. The van der Waals surface area contributed by atoms with Crippen molar-refractivity contribution in [1.82, 2.24) is 0 Å². The summed E-state index contributed by atoms with van der Waals surface area (Å²) in [6, 6.07) is 4.14. The number of nitro benzene ring substituents is 1. The molecule has 1 saturated heterocycles. The van der Waals surface area contributed by atoms with Gasteiger partial charge in [0.25, 0.3) is 5.69 Å². The third-order valence-electron chi connectivity index (χ3n) is 3.38. The highest BCUT2D eigenvalue weighted by molar-refractivity contribution is 5.92. The largest absolute Gasteiger partial charge is 0.545 e. The van der Waals surface area contributed by atoms with Gasteiger partial charge in [0.2, 0.25) is 0 Å². The van der Waals surface area contributed by atoms with Gasteiger partial charge in [0.1, 0.15) is 0 Å². The topological polar surface area (TPSA) is 91.0 Å². The van der Waals surface area contributed by atoms with Crippen molar-refractivity contribution in [2.75, 3.05) is 38.1 Å². The zero-order valence-corrected chi connectivity index (χ0v) is 10.6. The Morgan fingerprint density at radius 3 is 2.53 bits per heavy atom. The Morgan fingerprint density at radius 1 is 1.37 bits per heavy atom. The van der Waals surface area contributed by atoms with Crippen LogP contribution in [0.5, 0.6) is 0 Å². The van der Waals surface area contributed by atoms with E-state index in [0.717, 1.165) is 26.2 Å². The summed E-state index contributed by atoms with van der Waals surface area (Å²) < 4.78 is 0. The molecule has 2 rings (SSSR count).